The fourth-order valence-corrected chi connectivity index (χ4v) is 2.14. The summed E-state index contributed by atoms with van der Waals surface area (Å²) in [4.78, 5) is 3.66. The number of nitrogen functional groups attached to an aromatic ring is 1. The Balaban J connectivity index is 2.53. The van der Waals surface area contributed by atoms with Gasteiger partial charge in [-0.2, -0.15) is 13.2 Å². The van der Waals surface area contributed by atoms with Gasteiger partial charge >= 0.3 is 6.18 Å². The van der Waals surface area contributed by atoms with Crippen LogP contribution in [0.5, 0.6) is 0 Å². The van der Waals surface area contributed by atoms with Gasteiger partial charge in [-0.15, -0.1) is 0 Å². The number of halogens is 3. The van der Waals surface area contributed by atoms with Crippen molar-refractivity contribution in [3.8, 4) is 0 Å². The Morgan fingerprint density at radius 1 is 1.40 bits per heavy atom. The highest BCUT2D eigenvalue weighted by Gasteiger charge is 2.37. The van der Waals surface area contributed by atoms with Crippen LogP contribution in [0.1, 0.15) is 19.7 Å². The molecule has 0 bridgehead atoms. The number of rotatable bonds is 4. The summed E-state index contributed by atoms with van der Waals surface area (Å²) in [6.07, 6.45) is -4.85. The third-order valence-electron chi connectivity index (χ3n) is 2.92. The van der Waals surface area contributed by atoms with Crippen molar-refractivity contribution in [3.05, 3.63) is 24.0 Å². The minimum atomic E-state index is -4.51. The van der Waals surface area contributed by atoms with Crippen LogP contribution < -0.4 is 5.73 Å². The van der Waals surface area contributed by atoms with Gasteiger partial charge in [0.2, 0.25) is 5.82 Å². The average Bonchev–Trinajstić information content (AvgIpc) is 2.67. The molecule has 0 amide bonds. The molecule has 0 saturated heterocycles. The molecule has 1 atom stereocenters. The lowest BCUT2D eigenvalue weighted by atomic mass is 10.2. The first-order valence-electron chi connectivity index (χ1n) is 6.27. The molecule has 2 rings (SSSR count). The monoisotopic (exact) mass is 287 g/mol. The highest BCUT2D eigenvalue weighted by molar-refractivity contribution is 5.79. The second-order valence-corrected chi connectivity index (χ2v) is 4.56. The lowest BCUT2D eigenvalue weighted by Gasteiger charge is -2.16. The zero-order valence-electron chi connectivity index (χ0n) is 11.2. The zero-order chi connectivity index (χ0) is 14.9. The lowest BCUT2D eigenvalue weighted by molar-refractivity contribution is -0.147. The minimum Gasteiger partial charge on any atom is -0.399 e. The van der Waals surface area contributed by atoms with Crippen LogP contribution in [-0.4, -0.2) is 22.3 Å². The molecule has 110 valence electrons. The van der Waals surface area contributed by atoms with Gasteiger partial charge in [0.25, 0.3) is 0 Å². The van der Waals surface area contributed by atoms with Crippen molar-refractivity contribution < 1.29 is 17.9 Å². The number of hydrogen-bond donors (Lipinski definition) is 1. The highest BCUT2D eigenvalue weighted by Crippen LogP contribution is 2.32. The van der Waals surface area contributed by atoms with Crippen LogP contribution in [0.25, 0.3) is 11.0 Å². The quantitative estimate of drug-likeness (QED) is 0.879. The molecule has 4 nitrogen and oxygen atoms in total. The number of ether oxygens (including phenoxy) is 1. The molecule has 2 aromatic rings. The predicted octanol–water partition coefficient (Wildman–Crippen LogP) is 3.06. The van der Waals surface area contributed by atoms with Crippen LogP contribution >= 0.6 is 0 Å². The Morgan fingerprint density at radius 2 is 2.10 bits per heavy atom. The summed E-state index contributed by atoms with van der Waals surface area (Å²) in [5.41, 5.74) is 6.61. The maximum absolute atomic E-state index is 13.1. The van der Waals surface area contributed by atoms with Gasteiger partial charge in [0.15, 0.2) is 0 Å². The van der Waals surface area contributed by atoms with Crippen molar-refractivity contribution >= 4 is 16.7 Å². The van der Waals surface area contributed by atoms with Gasteiger partial charge in [0, 0.05) is 12.3 Å². The smallest absolute Gasteiger partial charge is 0.399 e. The number of imidazole rings is 1. The molecule has 0 saturated carbocycles. The number of nitrogens with two attached hydrogens (primary N) is 1. The van der Waals surface area contributed by atoms with Gasteiger partial charge in [0.05, 0.1) is 23.7 Å². The maximum Gasteiger partial charge on any atom is 0.449 e. The van der Waals surface area contributed by atoms with Crippen LogP contribution in [0.4, 0.5) is 18.9 Å². The number of anilines is 1. The molecule has 20 heavy (non-hydrogen) atoms. The molecule has 2 N–H and O–H groups in total. The number of aromatic nitrogens is 2. The van der Waals surface area contributed by atoms with Crippen LogP contribution in [0.15, 0.2) is 18.2 Å². The average molecular weight is 287 g/mol. The second kappa shape index (κ2) is 5.32. The van der Waals surface area contributed by atoms with E-state index < -0.39 is 12.0 Å². The Labute approximate surface area is 114 Å². The summed E-state index contributed by atoms with van der Waals surface area (Å²) >= 11 is 0. The van der Waals surface area contributed by atoms with Crippen LogP contribution in [0.2, 0.25) is 0 Å². The fourth-order valence-electron chi connectivity index (χ4n) is 2.14. The molecule has 0 radical (unpaired) electrons. The highest BCUT2D eigenvalue weighted by atomic mass is 19.4. The molecule has 0 aliphatic rings. The largest absolute Gasteiger partial charge is 0.449 e. The SMILES string of the molecule is CCOC(C)Cn1c(C(F)(F)F)nc2cc(N)ccc21. The van der Waals surface area contributed by atoms with E-state index in [1.54, 1.807) is 26.0 Å². The van der Waals surface area contributed by atoms with E-state index >= 15 is 0 Å². The Hall–Kier alpha value is -1.76. The first-order chi connectivity index (χ1) is 9.32. The first-order valence-corrected chi connectivity index (χ1v) is 6.27. The molecular weight excluding hydrogens is 271 g/mol. The van der Waals surface area contributed by atoms with E-state index in [4.69, 9.17) is 10.5 Å². The van der Waals surface area contributed by atoms with E-state index in [0.29, 0.717) is 17.8 Å². The Bertz CT molecular complexity index is 607. The summed E-state index contributed by atoms with van der Waals surface area (Å²) in [6.45, 7) is 4.06. The van der Waals surface area contributed by atoms with Crippen molar-refractivity contribution in [2.24, 2.45) is 0 Å². The molecule has 1 heterocycles. The van der Waals surface area contributed by atoms with Crippen molar-refractivity contribution in [2.75, 3.05) is 12.3 Å². The van der Waals surface area contributed by atoms with Gasteiger partial charge in [-0.3, -0.25) is 0 Å². The van der Waals surface area contributed by atoms with Gasteiger partial charge in [-0.25, -0.2) is 4.98 Å². The Morgan fingerprint density at radius 3 is 2.70 bits per heavy atom. The van der Waals surface area contributed by atoms with Gasteiger partial charge in [-0.1, -0.05) is 0 Å². The van der Waals surface area contributed by atoms with E-state index in [9.17, 15) is 13.2 Å². The summed E-state index contributed by atoms with van der Waals surface area (Å²) in [5.74, 6) is -0.926. The standard InChI is InChI=1S/C13H16F3N3O/c1-3-20-8(2)7-19-11-5-4-9(17)6-10(11)18-12(19)13(14,15)16/h4-6,8H,3,7,17H2,1-2H3. The molecule has 7 heteroatoms. The number of alkyl halides is 3. The number of hydrogen-bond acceptors (Lipinski definition) is 3. The van der Waals surface area contributed by atoms with Crippen LogP contribution in [0, 0.1) is 0 Å². The summed E-state index contributed by atoms with van der Waals surface area (Å²) in [5, 5.41) is 0. The van der Waals surface area contributed by atoms with Crippen molar-refractivity contribution in [3.63, 3.8) is 0 Å². The number of fused-ring (bicyclic) bond motifs is 1. The number of nitrogens with zero attached hydrogens (tertiary/aromatic N) is 2. The second-order valence-electron chi connectivity index (χ2n) is 4.56. The summed E-state index contributed by atoms with van der Waals surface area (Å²) in [6, 6.07) is 4.55. The summed E-state index contributed by atoms with van der Waals surface area (Å²) in [7, 11) is 0. The molecule has 0 fully saturated rings. The van der Waals surface area contributed by atoms with Crippen molar-refractivity contribution in [2.45, 2.75) is 32.7 Å². The number of benzene rings is 1. The molecule has 0 spiro atoms. The zero-order valence-corrected chi connectivity index (χ0v) is 11.2. The van der Waals surface area contributed by atoms with E-state index in [1.165, 1.54) is 6.07 Å². The van der Waals surface area contributed by atoms with Crippen LogP contribution in [-0.2, 0) is 17.5 Å². The summed E-state index contributed by atoms with van der Waals surface area (Å²) < 4.78 is 45.7. The first kappa shape index (κ1) is 14.6. The molecule has 1 aromatic heterocycles. The maximum atomic E-state index is 13.1. The van der Waals surface area contributed by atoms with Gasteiger partial charge in [-0.05, 0) is 32.0 Å². The normalized spacial score (nSPS) is 13.8. The van der Waals surface area contributed by atoms with E-state index in [0.717, 1.165) is 4.57 Å². The fraction of sp³-hybridized carbons (Fsp3) is 0.462. The van der Waals surface area contributed by atoms with Crippen molar-refractivity contribution in [1.82, 2.24) is 9.55 Å². The predicted molar refractivity (Wildman–Crippen MR) is 70.2 cm³/mol. The third kappa shape index (κ3) is 2.87. The Kier molecular flexibility index (Phi) is 3.89. The van der Waals surface area contributed by atoms with Gasteiger partial charge < -0.3 is 15.0 Å². The van der Waals surface area contributed by atoms with E-state index in [2.05, 4.69) is 4.98 Å². The molecule has 0 aliphatic heterocycles. The van der Waals surface area contributed by atoms with Crippen LogP contribution in [0.3, 0.4) is 0 Å². The lowest BCUT2D eigenvalue weighted by Crippen LogP contribution is -2.22. The van der Waals surface area contributed by atoms with Gasteiger partial charge in [0.1, 0.15) is 0 Å². The van der Waals surface area contributed by atoms with Crippen molar-refractivity contribution in [1.29, 1.82) is 0 Å². The molecule has 0 aliphatic carbocycles. The topological polar surface area (TPSA) is 53.1 Å². The molecular formula is C13H16F3N3O. The third-order valence-corrected chi connectivity index (χ3v) is 2.92. The minimum absolute atomic E-state index is 0.0864. The van der Waals surface area contributed by atoms with E-state index in [-0.39, 0.29) is 18.2 Å². The molecule has 1 unspecified atom stereocenters. The van der Waals surface area contributed by atoms with E-state index in [1.807, 2.05) is 0 Å². The molecule has 1 aromatic carbocycles.